The molecule has 1 nitrogen and oxygen atoms in total. The Kier molecular flexibility index (Phi) is 3.31. The summed E-state index contributed by atoms with van der Waals surface area (Å²) >= 11 is 0. The molecule has 0 radical (unpaired) electrons. The molecule has 1 heteroatoms. The number of hydrogen-bond acceptors (Lipinski definition) is 1. The highest BCUT2D eigenvalue weighted by molar-refractivity contribution is 5.38. The molecule has 0 heterocycles. The summed E-state index contributed by atoms with van der Waals surface area (Å²) in [4.78, 5) is 0. The van der Waals surface area contributed by atoms with Crippen LogP contribution in [0.3, 0.4) is 0 Å². The third kappa shape index (κ3) is 2.40. The molecular formula is C20H23N. The van der Waals surface area contributed by atoms with E-state index in [0.29, 0.717) is 5.92 Å². The van der Waals surface area contributed by atoms with Gasteiger partial charge in [-0.15, -0.1) is 0 Å². The van der Waals surface area contributed by atoms with Crippen LogP contribution in [0.1, 0.15) is 46.7 Å². The molecule has 0 amide bonds. The zero-order valence-electron chi connectivity index (χ0n) is 12.5. The van der Waals surface area contributed by atoms with Gasteiger partial charge < -0.3 is 5.73 Å². The monoisotopic (exact) mass is 277 g/mol. The maximum absolute atomic E-state index is 6.61. The Balaban J connectivity index is 1.57. The molecule has 2 aliphatic carbocycles. The Bertz CT molecular complexity index is 634. The average molecular weight is 277 g/mol. The fourth-order valence-electron chi connectivity index (χ4n) is 4.08. The molecule has 0 saturated carbocycles. The number of nitrogens with two attached hydrogens (primary N) is 1. The molecule has 0 aliphatic heterocycles. The Morgan fingerprint density at radius 2 is 1.48 bits per heavy atom. The van der Waals surface area contributed by atoms with Crippen LogP contribution >= 0.6 is 0 Å². The van der Waals surface area contributed by atoms with Gasteiger partial charge in [0.2, 0.25) is 0 Å². The highest BCUT2D eigenvalue weighted by Crippen LogP contribution is 2.35. The lowest BCUT2D eigenvalue weighted by atomic mass is 9.86. The predicted octanol–water partition coefficient (Wildman–Crippen LogP) is 3.98. The lowest BCUT2D eigenvalue weighted by Crippen LogP contribution is -2.22. The summed E-state index contributed by atoms with van der Waals surface area (Å²) in [6.45, 7) is 0. The minimum Gasteiger partial charge on any atom is -0.324 e. The zero-order chi connectivity index (χ0) is 14.2. The number of rotatable bonds is 2. The molecule has 21 heavy (non-hydrogen) atoms. The summed E-state index contributed by atoms with van der Waals surface area (Å²) in [6, 6.07) is 16.0. The summed E-state index contributed by atoms with van der Waals surface area (Å²) < 4.78 is 0. The van der Waals surface area contributed by atoms with E-state index in [4.69, 9.17) is 5.73 Å². The lowest BCUT2D eigenvalue weighted by Gasteiger charge is -2.22. The Morgan fingerprint density at radius 3 is 2.19 bits per heavy atom. The van der Waals surface area contributed by atoms with E-state index in [1.165, 1.54) is 42.4 Å². The Hall–Kier alpha value is -1.60. The highest BCUT2D eigenvalue weighted by Gasteiger charge is 2.27. The lowest BCUT2D eigenvalue weighted by molar-refractivity contribution is 0.453. The van der Waals surface area contributed by atoms with Crippen LogP contribution in [-0.4, -0.2) is 0 Å². The van der Waals surface area contributed by atoms with E-state index in [2.05, 4.69) is 42.5 Å². The van der Waals surface area contributed by atoms with Crippen molar-refractivity contribution in [1.82, 2.24) is 0 Å². The first-order valence-corrected chi connectivity index (χ1v) is 8.25. The van der Waals surface area contributed by atoms with E-state index >= 15 is 0 Å². The number of hydrogen-bond donors (Lipinski definition) is 1. The second-order valence-electron chi connectivity index (χ2n) is 6.70. The minimum absolute atomic E-state index is 0.171. The van der Waals surface area contributed by atoms with E-state index in [9.17, 15) is 0 Å². The maximum atomic E-state index is 6.61. The quantitative estimate of drug-likeness (QED) is 0.883. The zero-order valence-corrected chi connectivity index (χ0v) is 12.5. The molecule has 0 spiro atoms. The van der Waals surface area contributed by atoms with Gasteiger partial charge in [0.15, 0.2) is 0 Å². The van der Waals surface area contributed by atoms with Gasteiger partial charge in [-0.2, -0.15) is 0 Å². The summed E-state index contributed by atoms with van der Waals surface area (Å²) in [6.07, 6.45) is 7.43. The molecule has 2 aliphatic rings. The largest absolute Gasteiger partial charge is 0.324 e. The summed E-state index contributed by atoms with van der Waals surface area (Å²) in [7, 11) is 0. The number of aryl methyl sites for hydroxylation is 2. The van der Waals surface area contributed by atoms with E-state index in [-0.39, 0.29) is 6.04 Å². The predicted molar refractivity (Wildman–Crippen MR) is 87.4 cm³/mol. The fourth-order valence-corrected chi connectivity index (χ4v) is 4.08. The van der Waals surface area contributed by atoms with Crippen LogP contribution in [0, 0.1) is 5.92 Å². The van der Waals surface area contributed by atoms with Crippen LogP contribution < -0.4 is 5.73 Å². The van der Waals surface area contributed by atoms with E-state index in [0.717, 1.165) is 12.8 Å². The van der Waals surface area contributed by atoms with Crippen molar-refractivity contribution in [2.45, 2.75) is 44.6 Å². The third-order valence-corrected chi connectivity index (χ3v) is 5.35. The van der Waals surface area contributed by atoms with Crippen molar-refractivity contribution in [3.63, 3.8) is 0 Å². The smallest absolute Gasteiger partial charge is 0.0330 e. The van der Waals surface area contributed by atoms with Crippen molar-refractivity contribution in [2.75, 3.05) is 0 Å². The third-order valence-electron chi connectivity index (χ3n) is 5.35. The van der Waals surface area contributed by atoms with Crippen molar-refractivity contribution < 1.29 is 0 Å². The molecular weight excluding hydrogens is 254 g/mol. The van der Waals surface area contributed by atoms with Crippen molar-refractivity contribution in [3.05, 3.63) is 70.3 Å². The average Bonchev–Trinajstić information content (AvgIpc) is 2.97. The molecule has 0 saturated heterocycles. The van der Waals surface area contributed by atoms with Crippen LogP contribution in [0.15, 0.2) is 42.5 Å². The van der Waals surface area contributed by atoms with E-state index < -0.39 is 0 Å². The van der Waals surface area contributed by atoms with Gasteiger partial charge in [-0.3, -0.25) is 0 Å². The molecule has 1 atom stereocenters. The van der Waals surface area contributed by atoms with Crippen LogP contribution in [0.25, 0.3) is 0 Å². The van der Waals surface area contributed by atoms with Crippen molar-refractivity contribution in [1.29, 1.82) is 0 Å². The molecule has 4 rings (SSSR count). The minimum atomic E-state index is 0.171. The van der Waals surface area contributed by atoms with Gasteiger partial charge in [-0.25, -0.2) is 0 Å². The van der Waals surface area contributed by atoms with Gasteiger partial charge >= 0.3 is 0 Å². The van der Waals surface area contributed by atoms with E-state index in [1.54, 1.807) is 11.1 Å². The van der Waals surface area contributed by atoms with Gasteiger partial charge in [0, 0.05) is 6.04 Å². The normalized spacial score (nSPS) is 19.1. The van der Waals surface area contributed by atoms with Crippen molar-refractivity contribution >= 4 is 0 Å². The Labute approximate surface area is 127 Å². The highest BCUT2D eigenvalue weighted by atomic mass is 14.7. The second kappa shape index (κ2) is 5.31. The van der Waals surface area contributed by atoms with Crippen molar-refractivity contribution in [3.8, 4) is 0 Å². The van der Waals surface area contributed by atoms with Crippen LogP contribution in [0.4, 0.5) is 0 Å². The molecule has 2 aromatic rings. The standard InChI is InChI=1S/C20H23N/c21-20(19-12-16-7-3-4-8-17(16)13-19)18-10-9-14-5-1-2-6-15(14)11-18/h3-4,7-11,19-20H,1-2,5-6,12-13,21H2. The van der Waals surface area contributed by atoms with Crippen LogP contribution in [0.2, 0.25) is 0 Å². The first-order chi connectivity index (χ1) is 10.3. The Morgan fingerprint density at radius 1 is 0.810 bits per heavy atom. The molecule has 0 bridgehead atoms. The summed E-state index contributed by atoms with van der Waals surface area (Å²) in [5.41, 5.74) is 14.0. The second-order valence-corrected chi connectivity index (χ2v) is 6.70. The topological polar surface area (TPSA) is 26.0 Å². The van der Waals surface area contributed by atoms with Gasteiger partial charge in [-0.1, -0.05) is 42.5 Å². The first-order valence-electron chi connectivity index (χ1n) is 8.25. The summed E-state index contributed by atoms with van der Waals surface area (Å²) in [5.74, 6) is 0.559. The van der Waals surface area contributed by atoms with E-state index in [1.807, 2.05) is 0 Å². The molecule has 108 valence electrons. The van der Waals surface area contributed by atoms with Gasteiger partial charge in [0.05, 0.1) is 0 Å². The first kappa shape index (κ1) is 13.1. The molecule has 0 fully saturated rings. The van der Waals surface area contributed by atoms with Gasteiger partial charge in [-0.05, 0) is 72.3 Å². The number of fused-ring (bicyclic) bond motifs is 2. The molecule has 2 aromatic carbocycles. The van der Waals surface area contributed by atoms with Gasteiger partial charge in [0.1, 0.15) is 0 Å². The van der Waals surface area contributed by atoms with Crippen LogP contribution in [-0.2, 0) is 25.7 Å². The molecule has 2 N–H and O–H groups in total. The van der Waals surface area contributed by atoms with Gasteiger partial charge in [0.25, 0.3) is 0 Å². The molecule has 0 aromatic heterocycles. The van der Waals surface area contributed by atoms with Crippen molar-refractivity contribution in [2.24, 2.45) is 11.7 Å². The fraction of sp³-hybridized carbons (Fsp3) is 0.400. The summed E-state index contributed by atoms with van der Waals surface area (Å²) in [5, 5.41) is 0. The number of benzene rings is 2. The SMILES string of the molecule is NC(c1ccc2c(c1)CCCC2)C1Cc2ccccc2C1. The molecule has 1 unspecified atom stereocenters. The van der Waals surface area contributed by atoms with Crippen LogP contribution in [0.5, 0.6) is 0 Å². The maximum Gasteiger partial charge on any atom is 0.0330 e.